The highest BCUT2D eigenvalue weighted by atomic mass is 16.6. The lowest BCUT2D eigenvalue weighted by molar-refractivity contribution is -0.237. The fourth-order valence-electron chi connectivity index (χ4n) is 10.5. The number of esters is 1. The second kappa shape index (κ2) is 7.24. The van der Waals surface area contributed by atoms with Crippen LogP contribution in [0.25, 0.3) is 0 Å². The van der Waals surface area contributed by atoms with E-state index in [9.17, 15) is 19.8 Å². The monoisotopic (exact) mass is 482 g/mol. The highest BCUT2D eigenvalue weighted by molar-refractivity contribution is 5.86. The van der Waals surface area contributed by atoms with Crippen molar-refractivity contribution in [2.24, 2.45) is 46.3 Å². The Morgan fingerprint density at radius 2 is 1.86 bits per heavy atom. The Bertz CT molecular complexity index is 1040. The zero-order valence-electron chi connectivity index (χ0n) is 21.9. The Labute approximate surface area is 209 Å². The van der Waals surface area contributed by atoms with Crippen LogP contribution in [0.15, 0.2) is 23.3 Å². The van der Waals surface area contributed by atoms with Crippen LogP contribution < -0.4 is 0 Å². The van der Waals surface area contributed by atoms with Crippen LogP contribution in [0.4, 0.5) is 0 Å². The normalized spacial score (nSPS) is 52.5. The van der Waals surface area contributed by atoms with Gasteiger partial charge in [0.2, 0.25) is 0 Å². The van der Waals surface area contributed by atoms with E-state index in [2.05, 4.69) is 27.4 Å². The number of ether oxygens (including phenoxy) is 1. The number of hydrogen-bond acceptors (Lipinski definition) is 4. The fraction of sp³-hybridized carbons (Fsp3) is 0.800. The Morgan fingerprint density at radius 3 is 2.57 bits per heavy atom. The van der Waals surface area contributed by atoms with Crippen molar-refractivity contribution in [3.63, 3.8) is 0 Å². The van der Waals surface area contributed by atoms with Gasteiger partial charge >= 0.3 is 11.9 Å². The molecule has 1 unspecified atom stereocenters. The maximum atomic E-state index is 14.3. The average molecular weight is 483 g/mol. The summed E-state index contributed by atoms with van der Waals surface area (Å²) in [6.45, 7) is 12.7. The molecule has 4 bridgehead atoms. The summed E-state index contributed by atoms with van der Waals surface area (Å²) in [5.74, 6) is 0.546. The van der Waals surface area contributed by atoms with Gasteiger partial charge in [-0.15, -0.1) is 0 Å². The van der Waals surface area contributed by atoms with Gasteiger partial charge in [0.05, 0.1) is 5.41 Å². The van der Waals surface area contributed by atoms with Crippen molar-refractivity contribution in [2.45, 2.75) is 103 Å². The predicted octanol–water partition coefficient (Wildman–Crippen LogP) is 5.67. The molecule has 1 aliphatic heterocycles. The predicted molar refractivity (Wildman–Crippen MR) is 132 cm³/mol. The van der Waals surface area contributed by atoms with Gasteiger partial charge in [-0.3, -0.25) is 4.79 Å². The maximum absolute atomic E-state index is 14.3. The summed E-state index contributed by atoms with van der Waals surface area (Å²) in [6, 6.07) is 0. The van der Waals surface area contributed by atoms with Gasteiger partial charge in [-0.2, -0.15) is 0 Å². The van der Waals surface area contributed by atoms with Gasteiger partial charge in [0.25, 0.3) is 0 Å². The van der Waals surface area contributed by atoms with Gasteiger partial charge in [-0.05, 0) is 113 Å². The van der Waals surface area contributed by atoms with E-state index >= 15 is 0 Å². The van der Waals surface area contributed by atoms with Crippen LogP contribution in [0.5, 0.6) is 0 Å². The molecular formula is C30H42O5. The SMILES string of the molecule is C=C(C(=O)O)[C@@H]1CC[C@H](C)C23C[C@H](C(C)=C2C1)[C@@]1(C3)C(=O)O[C@]23C[C@H]1CC[C@H](C)[C@@H]2CC[C@]3(C)O. The molecule has 5 fully saturated rings. The molecule has 5 aliphatic carbocycles. The molecule has 0 aromatic rings. The molecule has 35 heavy (non-hydrogen) atoms. The van der Waals surface area contributed by atoms with Gasteiger partial charge in [-0.25, -0.2) is 4.79 Å². The molecule has 10 atom stereocenters. The van der Waals surface area contributed by atoms with E-state index in [-0.39, 0.29) is 35.1 Å². The number of aliphatic hydroxyl groups is 1. The second-order valence-corrected chi connectivity index (χ2v) is 13.7. The molecule has 1 heterocycles. The summed E-state index contributed by atoms with van der Waals surface area (Å²) in [4.78, 5) is 26.1. The summed E-state index contributed by atoms with van der Waals surface area (Å²) in [6.07, 6.45) is 8.98. The molecule has 6 aliphatic rings. The van der Waals surface area contributed by atoms with Crippen LogP contribution in [0, 0.1) is 46.3 Å². The quantitative estimate of drug-likeness (QED) is 0.301. The Kier molecular flexibility index (Phi) is 4.91. The molecule has 5 nitrogen and oxygen atoms in total. The highest BCUT2D eigenvalue weighted by Gasteiger charge is 2.75. The molecule has 5 heteroatoms. The van der Waals surface area contributed by atoms with Crippen LogP contribution in [-0.4, -0.2) is 33.4 Å². The summed E-state index contributed by atoms with van der Waals surface area (Å²) < 4.78 is 6.60. The van der Waals surface area contributed by atoms with Crippen molar-refractivity contribution in [2.75, 3.05) is 0 Å². The third-order valence-electron chi connectivity index (χ3n) is 12.6. The van der Waals surface area contributed by atoms with E-state index < -0.39 is 22.6 Å². The van der Waals surface area contributed by atoms with E-state index in [0.29, 0.717) is 23.8 Å². The number of carboxylic acids is 1. The summed E-state index contributed by atoms with van der Waals surface area (Å²) in [5, 5.41) is 21.1. The Hall–Kier alpha value is -1.62. The van der Waals surface area contributed by atoms with Crippen molar-refractivity contribution in [3.05, 3.63) is 23.3 Å². The first-order valence-electron chi connectivity index (χ1n) is 14.0. The van der Waals surface area contributed by atoms with Gasteiger partial charge in [0.15, 0.2) is 0 Å². The molecular weight excluding hydrogens is 440 g/mol. The topological polar surface area (TPSA) is 83.8 Å². The van der Waals surface area contributed by atoms with Crippen LogP contribution >= 0.6 is 0 Å². The first-order chi connectivity index (χ1) is 16.4. The smallest absolute Gasteiger partial charge is 0.331 e. The van der Waals surface area contributed by atoms with Gasteiger partial charge in [0.1, 0.15) is 11.2 Å². The highest BCUT2D eigenvalue weighted by Crippen LogP contribution is 2.76. The second-order valence-electron chi connectivity index (χ2n) is 13.7. The van der Waals surface area contributed by atoms with Gasteiger partial charge in [0, 0.05) is 11.5 Å². The molecule has 6 rings (SSSR count). The average Bonchev–Trinajstić information content (AvgIpc) is 3.30. The number of rotatable bonds is 2. The van der Waals surface area contributed by atoms with Gasteiger partial charge < -0.3 is 14.9 Å². The molecule has 192 valence electrons. The van der Waals surface area contributed by atoms with E-state index in [4.69, 9.17) is 4.74 Å². The van der Waals surface area contributed by atoms with Crippen molar-refractivity contribution in [3.8, 4) is 0 Å². The maximum Gasteiger partial charge on any atom is 0.331 e. The molecule has 0 aromatic heterocycles. The van der Waals surface area contributed by atoms with Crippen molar-refractivity contribution < 1.29 is 24.5 Å². The summed E-state index contributed by atoms with van der Waals surface area (Å²) in [5.41, 5.74) is 0.844. The van der Waals surface area contributed by atoms with Crippen molar-refractivity contribution in [1.82, 2.24) is 0 Å². The number of allylic oxidation sites excluding steroid dienone is 2. The van der Waals surface area contributed by atoms with E-state index in [0.717, 1.165) is 57.8 Å². The first-order valence-corrected chi connectivity index (χ1v) is 14.0. The van der Waals surface area contributed by atoms with Crippen LogP contribution in [0.1, 0.15) is 91.9 Å². The van der Waals surface area contributed by atoms with Crippen molar-refractivity contribution in [1.29, 1.82) is 0 Å². The molecule has 0 aromatic carbocycles. The lowest BCUT2D eigenvalue weighted by Crippen LogP contribution is -2.64. The fourth-order valence-corrected chi connectivity index (χ4v) is 10.5. The molecule has 0 radical (unpaired) electrons. The minimum atomic E-state index is -0.961. The van der Waals surface area contributed by atoms with Crippen LogP contribution in [0.3, 0.4) is 0 Å². The van der Waals surface area contributed by atoms with Crippen molar-refractivity contribution >= 4 is 11.9 Å². The molecule has 1 saturated heterocycles. The number of hydrogen-bond donors (Lipinski definition) is 2. The van der Waals surface area contributed by atoms with Crippen LogP contribution in [-0.2, 0) is 14.3 Å². The zero-order valence-corrected chi connectivity index (χ0v) is 21.9. The lowest BCUT2D eigenvalue weighted by atomic mass is 9.54. The van der Waals surface area contributed by atoms with Gasteiger partial charge in [-0.1, -0.05) is 31.6 Å². The minimum Gasteiger partial charge on any atom is -0.478 e. The largest absolute Gasteiger partial charge is 0.478 e. The summed E-state index contributed by atoms with van der Waals surface area (Å²) >= 11 is 0. The number of carbonyl (C=O) groups is 2. The molecule has 0 amide bonds. The number of aliphatic carboxylic acids is 1. The third kappa shape index (κ3) is 2.74. The first kappa shape index (κ1) is 23.8. The number of carbonyl (C=O) groups excluding carboxylic acids is 1. The number of fused-ring (bicyclic) bond motifs is 4. The van der Waals surface area contributed by atoms with E-state index in [1.54, 1.807) is 0 Å². The lowest BCUT2D eigenvalue weighted by Gasteiger charge is -2.55. The minimum absolute atomic E-state index is 0.0239. The molecule has 3 spiro atoms. The zero-order chi connectivity index (χ0) is 25.1. The van der Waals surface area contributed by atoms with E-state index in [1.807, 2.05) is 6.92 Å². The Balaban J connectivity index is 1.43. The third-order valence-corrected chi connectivity index (χ3v) is 12.6. The standard InChI is InChI=1S/C30H42O5/c1-16-6-9-21-13-30(22(16)10-11-27(30,5)34)35-26(33)29(21)15-28-14-24(29)19(4)23(28)12-20(8-7-17(28)2)18(3)25(31)32/h16-17,20-22,24,34H,3,6-15H2,1-2,4-5H3,(H,31,32)/t16-,17-,20+,21+,22-,24+,27-,28?,29-,30+/m0/s1. The van der Waals surface area contributed by atoms with Crippen LogP contribution in [0.2, 0.25) is 0 Å². The Morgan fingerprint density at radius 1 is 1.11 bits per heavy atom. The molecule has 4 saturated carbocycles. The summed E-state index contributed by atoms with van der Waals surface area (Å²) in [7, 11) is 0. The number of carboxylic acid groups (broad SMARTS) is 1. The van der Waals surface area contributed by atoms with E-state index in [1.165, 1.54) is 11.1 Å². The molecule has 2 N–H and O–H groups in total.